The van der Waals surface area contributed by atoms with E-state index < -0.39 is 0 Å². The predicted octanol–water partition coefficient (Wildman–Crippen LogP) is 1.30. The molecule has 0 heterocycles. The zero-order valence-corrected chi connectivity index (χ0v) is 7.83. The minimum absolute atomic E-state index is 0. The Morgan fingerprint density at radius 2 is 2.00 bits per heavy atom. The van der Waals surface area contributed by atoms with Gasteiger partial charge in [0.1, 0.15) is 0 Å². The molecule has 0 spiro atoms. The first-order valence-electron chi connectivity index (χ1n) is 3.47. The molecule has 0 radical (unpaired) electrons. The minimum atomic E-state index is 0. The van der Waals surface area contributed by atoms with Crippen LogP contribution in [0, 0.1) is 5.92 Å². The van der Waals surface area contributed by atoms with Crippen molar-refractivity contribution >= 4 is 12.4 Å². The summed E-state index contributed by atoms with van der Waals surface area (Å²) in [6.07, 6.45) is 0. The second-order valence-electron chi connectivity index (χ2n) is 2.59. The van der Waals surface area contributed by atoms with Crippen LogP contribution in [-0.4, -0.2) is 26.8 Å². The van der Waals surface area contributed by atoms with Crippen molar-refractivity contribution < 1.29 is 4.74 Å². The molecular weight excluding hydrogens is 150 g/mol. The number of methoxy groups -OCH3 is 1. The summed E-state index contributed by atoms with van der Waals surface area (Å²) in [4.78, 5) is 0. The van der Waals surface area contributed by atoms with Crippen LogP contribution < -0.4 is 5.32 Å². The van der Waals surface area contributed by atoms with Crippen LogP contribution >= 0.6 is 12.4 Å². The molecule has 64 valence electrons. The first-order chi connectivity index (χ1) is 4.27. The van der Waals surface area contributed by atoms with Gasteiger partial charge in [-0.05, 0) is 12.5 Å². The molecule has 0 amide bonds. The largest absolute Gasteiger partial charge is 0.383 e. The lowest BCUT2D eigenvalue weighted by Gasteiger charge is -2.05. The Kier molecular flexibility index (Phi) is 11.8. The molecule has 0 aliphatic heterocycles. The van der Waals surface area contributed by atoms with Gasteiger partial charge in [0.2, 0.25) is 0 Å². The lowest BCUT2D eigenvalue weighted by molar-refractivity contribution is 0.198. The third-order valence-corrected chi connectivity index (χ3v) is 1.04. The van der Waals surface area contributed by atoms with Crippen molar-refractivity contribution in [3.63, 3.8) is 0 Å². The Hall–Kier alpha value is 0.210. The van der Waals surface area contributed by atoms with Crippen LogP contribution in [0.2, 0.25) is 0 Å². The number of rotatable bonds is 5. The highest BCUT2D eigenvalue weighted by Gasteiger charge is 1.90. The van der Waals surface area contributed by atoms with Crippen molar-refractivity contribution in [2.75, 3.05) is 26.8 Å². The Labute approximate surface area is 69.7 Å². The summed E-state index contributed by atoms with van der Waals surface area (Å²) in [6, 6.07) is 0. The van der Waals surface area contributed by atoms with Crippen molar-refractivity contribution in [3.8, 4) is 0 Å². The number of nitrogens with one attached hydrogen (secondary N) is 1. The standard InChI is InChI=1S/C7H17NO.ClH/c1-7(2)6-8-4-5-9-3;/h7-8H,4-6H2,1-3H3;1H. The molecule has 0 aliphatic rings. The van der Waals surface area contributed by atoms with Crippen molar-refractivity contribution in [3.05, 3.63) is 0 Å². The van der Waals surface area contributed by atoms with Gasteiger partial charge in [-0.25, -0.2) is 0 Å². The fourth-order valence-corrected chi connectivity index (χ4v) is 0.565. The highest BCUT2D eigenvalue weighted by molar-refractivity contribution is 5.85. The molecule has 0 aromatic heterocycles. The van der Waals surface area contributed by atoms with Gasteiger partial charge in [0.05, 0.1) is 6.61 Å². The second-order valence-corrected chi connectivity index (χ2v) is 2.59. The van der Waals surface area contributed by atoms with Gasteiger partial charge in [0.25, 0.3) is 0 Å². The predicted molar refractivity (Wildman–Crippen MR) is 46.8 cm³/mol. The summed E-state index contributed by atoms with van der Waals surface area (Å²) in [5.74, 6) is 0.738. The van der Waals surface area contributed by atoms with Gasteiger partial charge in [-0.15, -0.1) is 12.4 Å². The fraction of sp³-hybridized carbons (Fsp3) is 1.00. The topological polar surface area (TPSA) is 21.3 Å². The van der Waals surface area contributed by atoms with Crippen molar-refractivity contribution in [1.82, 2.24) is 5.32 Å². The molecule has 0 bridgehead atoms. The maximum absolute atomic E-state index is 4.86. The maximum atomic E-state index is 4.86. The number of halogens is 1. The normalized spacial score (nSPS) is 9.60. The SMILES string of the molecule is COCCNCC(C)C.Cl. The third-order valence-electron chi connectivity index (χ3n) is 1.04. The molecular formula is C7H18ClNO. The summed E-state index contributed by atoms with van der Waals surface area (Å²) >= 11 is 0. The third kappa shape index (κ3) is 11.1. The Morgan fingerprint density at radius 3 is 2.40 bits per heavy atom. The van der Waals surface area contributed by atoms with E-state index in [1.807, 2.05) is 0 Å². The molecule has 0 rings (SSSR count). The smallest absolute Gasteiger partial charge is 0.0587 e. The molecule has 1 N–H and O–H groups in total. The number of hydrogen-bond donors (Lipinski definition) is 1. The van der Waals surface area contributed by atoms with Crippen LogP contribution in [-0.2, 0) is 4.74 Å². The molecule has 0 unspecified atom stereocenters. The summed E-state index contributed by atoms with van der Waals surface area (Å²) in [5.41, 5.74) is 0. The Balaban J connectivity index is 0. The quantitative estimate of drug-likeness (QED) is 0.624. The van der Waals surface area contributed by atoms with Crippen LogP contribution in [0.25, 0.3) is 0 Å². The summed E-state index contributed by atoms with van der Waals surface area (Å²) in [7, 11) is 1.72. The zero-order valence-electron chi connectivity index (χ0n) is 7.02. The monoisotopic (exact) mass is 167 g/mol. The van der Waals surface area contributed by atoms with Gasteiger partial charge in [0, 0.05) is 13.7 Å². The highest BCUT2D eigenvalue weighted by atomic mass is 35.5. The molecule has 0 aromatic rings. The van der Waals surface area contributed by atoms with E-state index in [4.69, 9.17) is 4.74 Å². The van der Waals surface area contributed by atoms with E-state index in [1.54, 1.807) is 7.11 Å². The van der Waals surface area contributed by atoms with E-state index in [0.29, 0.717) is 0 Å². The lowest BCUT2D eigenvalue weighted by atomic mass is 10.2. The van der Waals surface area contributed by atoms with Crippen LogP contribution in [0.15, 0.2) is 0 Å². The Morgan fingerprint density at radius 1 is 1.40 bits per heavy atom. The van der Waals surface area contributed by atoms with E-state index in [-0.39, 0.29) is 12.4 Å². The molecule has 0 atom stereocenters. The van der Waals surface area contributed by atoms with Crippen molar-refractivity contribution in [2.24, 2.45) is 5.92 Å². The lowest BCUT2D eigenvalue weighted by Crippen LogP contribution is -2.23. The summed E-state index contributed by atoms with van der Waals surface area (Å²) in [6.45, 7) is 7.25. The van der Waals surface area contributed by atoms with E-state index in [2.05, 4.69) is 19.2 Å². The van der Waals surface area contributed by atoms with Gasteiger partial charge in [0.15, 0.2) is 0 Å². The van der Waals surface area contributed by atoms with Gasteiger partial charge in [-0.1, -0.05) is 13.8 Å². The van der Waals surface area contributed by atoms with Gasteiger partial charge in [-0.2, -0.15) is 0 Å². The first kappa shape index (κ1) is 12.8. The molecule has 0 aromatic carbocycles. The van der Waals surface area contributed by atoms with E-state index in [1.165, 1.54) is 0 Å². The fourth-order valence-electron chi connectivity index (χ4n) is 0.565. The van der Waals surface area contributed by atoms with E-state index in [0.717, 1.165) is 25.6 Å². The average Bonchev–Trinajstić information content (AvgIpc) is 1.80. The van der Waals surface area contributed by atoms with Crippen LogP contribution in [0.3, 0.4) is 0 Å². The van der Waals surface area contributed by atoms with Gasteiger partial charge in [-0.3, -0.25) is 0 Å². The van der Waals surface area contributed by atoms with E-state index in [9.17, 15) is 0 Å². The highest BCUT2D eigenvalue weighted by Crippen LogP contribution is 1.85. The second kappa shape index (κ2) is 9.21. The van der Waals surface area contributed by atoms with Crippen LogP contribution in [0.4, 0.5) is 0 Å². The maximum Gasteiger partial charge on any atom is 0.0587 e. The molecule has 3 heteroatoms. The molecule has 0 saturated heterocycles. The van der Waals surface area contributed by atoms with E-state index >= 15 is 0 Å². The molecule has 2 nitrogen and oxygen atoms in total. The number of ether oxygens (including phenoxy) is 1. The number of hydrogen-bond acceptors (Lipinski definition) is 2. The molecule has 0 fully saturated rings. The first-order valence-corrected chi connectivity index (χ1v) is 3.47. The summed E-state index contributed by atoms with van der Waals surface area (Å²) in [5, 5.41) is 3.26. The zero-order chi connectivity index (χ0) is 7.11. The van der Waals surface area contributed by atoms with Crippen molar-refractivity contribution in [1.29, 1.82) is 0 Å². The van der Waals surface area contributed by atoms with Gasteiger partial charge >= 0.3 is 0 Å². The minimum Gasteiger partial charge on any atom is -0.383 e. The average molecular weight is 168 g/mol. The van der Waals surface area contributed by atoms with Crippen LogP contribution in [0.5, 0.6) is 0 Å². The molecule has 0 saturated carbocycles. The van der Waals surface area contributed by atoms with Crippen molar-refractivity contribution in [2.45, 2.75) is 13.8 Å². The molecule has 10 heavy (non-hydrogen) atoms. The molecule has 0 aliphatic carbocycles. The van der Waals surface area contributed by atoms with Crippen LogP contribution in [0.1, 0.15) is 13.8 Å². The van der Waals surface area contributed by atoms with Gasteiger partial charge < -0.3 is 10.1 Å². The summed E-state index contributed by atoms with van der Waals surface area (Å²) < 4.78 is 4.86. The Bertz CT molecular complexity index is 59.6.